The molecular formula is C22H24N4O3S. The van der Waals surface area contributed by atoms with Crippen LogP contribution in [0, 0.1) is 0 Å². The van der Waals surface area contributed by atoms with Gasteiger partial charge in [-0.15, -0.1) is 0 Å². The van der Waals surface area contributed by atoms with Crippen LogP contribution in [0.1, 0.15) is 25.5 Å². The van der Waals surface area contributed by atoms with E-state index in [1.54, 1.807) is 18.2 Å². The van der Waals surface area contributed by atoms with Gasteiger partial charge in [0, 0.05) is 23.6 Å². The number of esters is 1. The molecule has 1 unspecified atom stereocenters. The number of urea groups is 1. The summed E-state index contributed by atoms with van der Waals surface area (Å²) in [6.07, 6.45) is 0. The number of thiocarbonyl (C=S) groups is 1. The van der Waals surface area contributed by atoms with Gasteiger partial charge in [0.2, 0.25) is 0 Å². The number of allylic oxidation sites excluding steroid dienone is 1. The Hall–Kier alpha value is -3.39. The zero-order valence-electron chi connectivity index (χ0n) is 17.1. The molecule has 1 atom stereocenters. The largest absolute Gasteiger partial charge is 0.466 e. The lowest BCUT2D eigenvalue weighted by atomic mass is 9.94. The molecule has 0 fully saturated rings. The van der Waals surface area contributed by atoms with Crippen LogP contribution in [0.15, 0.2) is 65.9 Å². The van der Waals surface area contributed by atoms with Crippen molar-refractivity contribution < 1.29 is 14.3 Å². The molecule has 8 heteroatoms. The van der Waals surface area contributed by atoms with Gasteiger partial charge in [-0.2, -0.15) is 0 Å². The number of rotatable bonds is 5. The van der Waals surface area contributed by atoms with Gasteiger partial charge in [-0.1, -0.05) is 30.3 Å². The number of para-hydroxylation sites is 1. The Morgan fingerprint density at radius 3 is 2.43 bits per heavy atom. The van der Waals surface area contributed by atoms with Crippen molar-refractivity contribution in [2.75, 3.05) is 24.3 Å². The van der Waals surface area contributed by atoms with Crippen LogP contribution >= 0.6 is 12.2 Å². The van der Waals surface area contributed by atoms with Gasteiger partial charge in [-0.05, 0) is 55.9 Å². The van der Waals surface area contributed by atoms with Gasteiger partial charge in [0.25, 0.3) is 0 Å². The molecule has 156 valence electrons. The van der Waals surface area contributed by atoms with Crippen molar-refractivity contribution in [1.29, 1.82) is 0 Å². The zero-order valence-corrected chi connectivity index (χ0v) is 17.9. The SMILES string of the molecule is CCN1C(=S)NC(c2cccc(NC(=O)Nc3ccccc3)c2)C(C(=O)OC)=C1C. The van der Waals surface area contributed by atoms with Gasteiger partial charge in [0.05, 0.1) is 18.7 Å². The maximum Gasteiger partial charge on any atom is 0.337 e. The summed E-state index contributed by atoms with van der Waals surface area (Å²) in [7, 11) is 1.36. The number of nitrogens with zero attached hydrogens (tertiary/aromatic N) is 1. The van der Waals surface area contributed by atoms with Crippen molar-refractivity contribution in [2.45, 2.75) is 19.9 Å². The summed E-state index contributed by atoms with van der Waals surface area (Å²) in [5.41, 5.74) is 3.30. The summed E-state index contributed by atoms with van der Waals surface area (Å²) in [6, 6.07) is 15.6. The second-order valence-corrected chi connectivity index (χ2v) is 7.07. The summed E-state index contributed by atoms with van der Waals surface area (Å²) in [5, 5.41) is 9.35. The average Bonchev–Trinajstić information content (AvgIpc) is 2.74. The standard InChI is InChI=1S/C22H24N4O3S/c1-4-26-14(2)18(20(27)29-3)19(25-22(26)30)15-9-8-12-17(13-15)24-21(28)23-16-10-6-5-7-11-16/h5-13,19H,4H2,1-3H3,(H,25,30)(H2,23,24,28). The monoisotopic (exact) mass is 424 g/mol. The van der Waals surface area contributed by atoms with Crippen LogP contribution in [0.2, 0.25) is 0 Å². The highest BCUT2D eigenvalue weighted by molar-refractivity contribution is 7.80. The highest BCUT2D eigenvalue weighted by Gasteiger charge is 2.34. The molecule has 0 spiro atoms. The molecule has 0 radical (unpaired) electrons. The van der Waals surface area contributed by atoms with Gasteiger partial charge < -0.3 is 25.6 Å². The lowest BCUT2D eigenvalue weighted by Crippen LogP contribution is -2.47. The lowest BCUT2D eigenvalue weighted by molar-refractivity contribution is -0.136. The van der Waals surface area contributed by atoms with E-state index in [2.05, 4.69) is 16.0 Å². The van der Waals surface area contributed by atoms with Crippen molar-refractivity contribution in [1.82, 2.24) is 10.2 Å². The zero-order chi connectivity index (χ0) is 21.7. The third-order valence-electron chi connectivity index (χ3n) is 4.83. The Kier molecular flexibility index (Phi) is 6.68. The fraction of sp³-hybridized carbons (Fsp3) is 0.227. The summed E-state index contributed by atoms with van der Waals surface area (Å²) < 4.78 is 5.01. The predicted molar refractivity (Wildman–Crippen MR) is 121 cm³/mol. The van der Waals surface area contributed by atoms with E-state index in [1.807, 2.05) is 55.1 Å². The highest BCUT2D eigenvalue weighted by Crippen LogP contribution is 2.32. The van der Waals surface area contributed by atoms with Crippen molar-refractivity contribution in [3.63, 3.8) is 0 Å². The van der Waals surface area contributed by atoms with E-state index >= 15 is 0 Å². The number of hydrogen-bond acceptors (Lipinski definition) is 4. The van der Waals surface area contributed by atoms with Crippen molar-refractivity contribution in [2.24, 2.45) is 0 Å². The van der Waals surface area contributed by atoms with E-state index < -0.39 is 12.0 Å². The molecule has 7 nitrogen and oxygen atoms in total. The van der Waals surface area contributed by atoms with Crippen molar-refractivity contribution in [3.8, 4) is 0 Å². The van der Waals surface area contributed by atoms with Crippen LogP contribution < -0.4 is 16.0 Å². The van der Waals surface area contributed by atoms with Crippen LogP contribution in [-0.4, -0.2) is 35.7 Å². The van der Waals surface area contributed by atoms with Gasteiger partial charge in [-0.3, -0.25) is 0 Å². The molecule has 3 N–H and O–H groups in total. The number of amides is 2. The molecule has 0 bridgehead atoms. The molecule has 30 heavy (non-hydrogen) atoms. The first-order valence-corrected chi connectivity index (χ1v) is 9.95. The van der Waals surface area contributed by atoms with E-state index in [-0.39, 0.29) is 6.03 Å². The number of benzene rings is 2. The predicted octanol–water partition coefficient (Wildman–Crippen LogP) is 4.03. The van der Waals surface area contributed by atoms with E-state index in [0.717, 1.165) is 11.3 Å². The lowest BCUT2D eigenvalue weighted by Gasteiger charge is -2.37. The van der Waals surface area contributed by atoms with Gasteiger partial charge in [-0.25, -0.2) is 9.59 Å². The van der Waals surface area contributed by atoms with E-state index in [0.29, 0.717) is 28.6 Å². The van der Waals surface area contributed by atoms with E-state index in [4.69, 9.17) is 17.0 Å². The summed E-state index contributed by atoms with van der Waals surface area (Å²) in [6.45, 7) is 4.44. The van der Waals surface area contributed by atoms with Crippen LogP contribution in [0.3, 0.4) is 0 Å². The van der Waals surface area contributed by atoms with Crippen LogP contribution in [0.25, 0.3) is 0 Å². The molecule has 2 aromatic carbocycles. The molecule has 2 aromatic rings. The quantitative estimate of drug-likeness (QED) is 0.497. The number of carbonyl (C=O) groups is 2. The second-order valence-electron chi connectivity index (χ2n) is 6.69. The summed E-state index contributed by atoms with van der Waals surface area (Å²) >= 11 is 5.48. The second kappa shape index (κ2) is 9.41. The maximum absolute atomic E-state index is 12.5. The molecule has 1 aliphatic heterocycles. The van der Waals surface area contributed by atoms with Crippen LogP contribution in [0.4, 0.5) is 16.2 Å². The molecule has 0 aromatic heterocycles. The third-order valence-corrected chi connectivity index (χ3v) is 5.17. The number of anilines is 2. The Labute approximate surface area is 181 Å². The first kappa shape index (κ1) is 21.3. The Morgan fingerprint density at radius 2 is 1.77 bits per heavy atom. The Morgan fingerprint density at radius 1 is 1.10 bits per heavy atom. The van der Waals surface area contributed by atoms with E-state index in [1.165, 1.54) is 7.11 Å². The number of hydrogen-bond donors (Lipinski definition) is 3. The molecule has 0 saturated heterocycles. The maximum atomic E-state index is 12.5. The molecule has 3 rings (SSSR count). The fourth-order valence-electron chi connectivity index (χ4n) is 3.40. The normalized spacial score (nSPS) is 16.0. The summed E-state index contributed by atoms with van der Waals surface area (Å²) in [4.78, 5) is 26.7. The van der Waals surface area contributed by atoms with Crippen molar-refractivity contribution >= 4 is 40.7 Å². The molecule has 2 amide bonds. The number of methoxy groups -OCH3 is 1. The molecule has 1 heterocycles. The number of carbonyl (C=O) groups excluding carboxylic acids is 2. The summed E-state index contributed by atoms with van der Waals surface area (Å²) in [5.74, 6) is -0.425. The Bertz CT molecular complexity index is 991. The third kappa shape index (κ3) is 4.60. The number of nitrogens with one attached hydrogen (secondary N) is 3. The fourth-order valence-corrected chi connectivity index (χ4v) is 3.78. The highest BCUT2D eigenvalue weighted by atomic mass is 32.1. The minimum absolute atomic E-state index is 0.359. The van der Waals surface area contributed by atoms with Gasteiger partial charge >= 0.3 is 12.0 Å². The van der Waals surface area contributed by atoms with E-state index in [9.17, 15) is 9.59 Å². The number of ether oxygens (including phenoxy) is 1. The molecular weight excluding hydrogens is 400 g/mol. The minimum atomic E-state index is -0.480. The van der Waals surface area contributed by atoms with Gasteiger partial charge in [0.15, 0.2) is 5.11 Å². The average molecular weight is 425 g/mol. The molecule has 0 aliphatic carbocycles. The van der Waals surface area contributed by atoms with Crippen LogP contribution in [0.5, 0.6) is 0 Å². The minimum Gasteiger partial charge on any atom is -0.466 e. The topological polar surface area (TPSA) is 82.7 Å². The first-order valence-electron chi connectivity index (χ1n) is 9.54. The van der Waals surface area contributed by atoms with Crippen molar-refractivity contribution in [3.05, 3.63) is 71.4 Å². The Balaban J connectivity index is 1.86. The molecule has 1 aliphatic rings. The molecule has 0 saturated carbocycles. The van der Waals surface area contributed by atoms with Gasteiger partial charge in [0.1, 0.15) is 0 Å². The smallest absolute Gasteiger partial charge is 0.337 e. The first-order chi connectivity index (χ1) is 14.4. The van der Waals surface area contributed by atoms with Crippen LogP contribution in [-0.2, 0) is 9.53 Å².